The number of nitrogens with one attached hydrogen (secondary N) is 1. The maximum atomic E-state index is 11.6. The van der Waals surface area contributed by atoms with Gasteiger partial charge in [-0.2, -0.15) is 0 Å². The summed E-state index contributed by atoms with van der Waals surface area (Å²) < 4.78 is 11.6. The molecule has 0 aliphatic heterocycles. The van der Waals surface area contributed by atoms with Gasteiger partial charge in [0.25, 0.3) is 0 Å². The van der Waals surface area contributed by atoms with Crippen molar-refractivity contribution in [1.29, 1.82) is 0 Å². The molecule has 3 N–H and O–H groups in total. The van der Waals surface area contributed by atoms with Crippen molar-refractivity contribution in [2.75, 3.05) is 22.6 Å². The highest BCUT2D eigenvalue weighted by molar-refractivity contribution is 7.85. The summed E-state index contributed by atoms with van der Waals surface area (Å²) in [7, 11) is -1.13. The first kappa shape index (κ1) is 15.0. The van der Waals surface area contributed by atoms with Gasteiger partial charge in [-0.25, -0.2) is 0 Å². The first-order valence-electron chi connectivity index (χ1n) is 5.58. The molecule has 6 heteroatoms. The minimum atomic E-state index is -1.13. The monoisotopic (exact) mass is 288 g/mol. The van der Waals surface area contributed by atoms with Crippen molar-refractivity contribution < 1.29 is 9.00 Å². The second-order valence-corrected chi connectivity index (χ2v) is 6.34. The maximum absolute atomic E-state index is 11.6. The summed E-state index contributed by atoms with van der Waals surface area (Å²) in [5, 5.41) is 3.08. The Labute approximate surface area is 114 Å². The van der Waals surface area contributed by atoms with E-state index in [9.17, 15) is 9.00 Å². The zero-order valence-corrected chi connectivity index (χ0v) is 12.0. The molecule has 0 aliphatic rings. The molecule has 0 heterocycles. The Kier molecular flexibility index (Phi) is 5.62. The predicted octanol–water partition coefficient (Wildman–Crippen LogP) is 2.27. The molecule has 0 aliphatic carbocycles. The second-order valence-electron chi connectivity index (χ2n) is 4.43. The Morgan fingerprint density at radius 3 is 2.72 bits per heavy atom. The lowest BCUT2D eigenvalue weighted by Crippen LogP contribution is -2.22. The number of hydrogen-bond donors (Lipinski definition) is 2. The first-order chi connectivity index (χ1) is 8.38. The van der Waals surface area contributed by atoms with Crippen molar-refractivity contribution in [1.82, 2.24) is 0 Å². The van der Waals surface area contributed by atoms with Crippen molar-refractivity contribution in [3.05, 3.63) is 23.2 Å². The predicted molar refractivity (Wildman–Crippen MR) is 77.2 cm³/mol. The molecular formula is C12H17ClN2O2S. The van der Waals surface area contributed by atoms with Gasteiger partial charge in [-0.1, -0.05) is 25.4 Å². The molecule has 4 nitrogen and oxygen atoms in total. The largest absolute Gasteiger partial charge is 0.397 e. The molecule has 0 bridgehead atoms. The van der Waals surface area contributed by atoms with Crippen LogP contribution in [0.1, 0.15) is 13.8 Å². The number of anilines is 2. The zero-order chi connectivity index (χ0) is 13.7. The number of carbonyl (C=O) groups is 1. The van der Waals surface area contributed by atoms with E-state index in [2.05, 4.69) is 5.32 Å². The SMILES string of the molecule is CC(C)CS(=O)CC(=O)Nc1ccc(Cl)c(N)c1. The van der Waals surface area contributed by atoms with Crippen LogP contribution in [0.2, 0.25) is 5.02 Å². The van der Waals surface area contributed by atoms with E-state index in [0.29, 0.717) is 28.1 Å². The van der Waals surface area contributed by atoms with E-state index in [1.807, 2.05) is 13.8 Å². The molecule has 18 heavy (non-hydrogen) atoms. The molecule has 1 rings (SSSR count). The van der Waals surface area contributed by atoms with Gasteiger partial charge in [-0.05, 0) is 24.1 Å². The third-order valence-corrected chi connectivity index (χ3v) is 4.06. The summed E-state index contributed by atoms with van der Waals surface area (Å²) in [5.41, 5.74) is 6.58. The summed E-state index contributed by atoms with van der Waals surface area (Å²) >= 11 is 5.77. The summed E-state index contributed by atoms with van der Waals surface area (Å²) in [6.07, 6.45) is 0. The molecule has 1 atom stereocenters. The summed E-state index contributed by atoms with van der Waals surface area (Å²) in [6.45, 7) is 3.94. The molecule has 0 spiro atoms. The van der Waals surface area contributed by atoms with Crippen LogP contribution in [0.15, 0.2) is 18.2 Å². The van der Waals surface area contributed by atoms with Gasteiger partial charge in [0.2, 0.25) is 5.91 Å². The lowest BCUT2D eigenvalue weighted by Gasteiger charge is -2.08. The topological polar surface area (TPSA) is 72.2 Å². The minimum Gasteiger partial charge on any atom is -0.397 e. The Balaban J connectivity index is 2.54. The van der Waals surface area contributed by atoms with Gasteiger partial charge < -0.3 is 11.1 Å². The normalized spacial score (nSPS) is 12.4. The number of hydrogen-bond acceptors (Lipinski definition) is 3. The molecular weight excluding hydrogens is 272 g/mol. The van der Waals surface area contributed by atoms with E-state index in [1.54, 1.807) is 18.2 Å². The van der Waals surface area contributed by atoms with Crippen LogP contribution in [0.3, 0.4) is 0 Å². The Morgan fingerprint density at radius 1 is 1.50 bits per heavy atom. The second kappa shape index (κ2) is 6.75. The molecule has 1 amide bonds. The van der Waals surface area contributed by atoms with Crippen LogP contribution in [-0.2, 0) is 15.6 Å². The molecule has 0 radical (unpaired) electrons. The summed E-state index contributed by atoms with van der Waals surface area (Å²) in [5.74, 6) is 0.553. The lowest BCUT2D eigenvalue weighted by molar-refractivity contribution is -0.113. The zero-order valence-electron chi connectivity index (χ0n) is 10.4. The molecule has 1 aromatic carbocycles. The van der Waals surface area contributed by atoms with Gasteiger partial charge in [0.1, 0.15) is 5.75 Å². The number of nitrogens with two attached hydrogens (primary N) is 1. The molecule has 0 saturated carbocycles. The lowest BCUT2D eigenvalue weighted by atomic mass is 10.3. The van der Waals surface area contributed by atoms with Gasteiger partial charge in [0.15, 0.2) is 0 Å². The van der Waals surface area contributed by atoms with Crippen LogP contribution >= 0.6 is 11.6 Å². The van der Waals surface area contributed by atoms with Crippen LogP contribution in [0.4, 0.5) is 11.4 Å². The molecule has 0 aromatic heterocycles. The Bertz CT molecular complexity index is 463. The average Bonchev–Trinajstić information content (AvgIpc) is 2.21. The molecule has 100 valence electrons. The van der Waals surface area contributed by atoms with Crippen LogP contribution in [-0.4, -0.2) is 21.6 Å². The fourth-order valence-electron chi connectivity index (χ4n) is 1.40. The average molecular weight is 289 g/mol. The first-order valence-corrected chi connectivity index (χ1v) is 7.45. The van der Waals surface area contributed by atoms with E-state index in [-0.39, 0.29) is 11.7 Å². The van der Waals surface area contributed by atoms with Crippen LogP contribution in [0.5, 0.6) is 0 Å². The van der Waals surface area contributed by atoms with Crippen molar-refractivity contribution >= 4 is 39.7 Å². The quantitative estimate of drug-likeness (QED) is 0.817. The third kappa shape index (κ3) is 5.06. The van der Waals surface area contributed by atoms with Gasteiger partial charge in [0.05, 0.1) is 10.7 Å². The van der Waals surface area contributed by atoms with Crippen molar-refractivity contribution in [3.63, 3.8) is 0 Å². The summed E-state index contributed by atoms with van der Waals surface area (Å²) in [4.78, 5) is 11.6. The van der Waals surface area contributed by atoms with Crippen molar-refractivity contribution in [2.24, 2.45) is 5.92 Å². The van der Waals surface area contributed by atoms with E-state index < -0.39 is 10.8 Å². The number of carbonyl (C=O) groups excluding carboxylic acids is 1. The molecule has 1 unspecified atom stereocenters. The minimum absolute atomic E-state index is 0.000706. The van der Waals surface area contributed by atoms with Crippen LogP contribution < -0.4 is 11.1 Å². The number of amides is 1. The van der Waals surface area contributed by atoms with E-state index >= 15 is 0 Å². The van der Waals surface area contributed by atoms with E-state index in [1.165, 1.54) is 0 Å². The number of nitrogen functional groups attached to an aromatic ring is 1. The number of benzene rings is 1. The highest BCUT2D eigenvalue weighted by Crippen LogP contribution is 2.22. The van der Waals surface area contributed by atoms with Gasteiger partial charge in [-0.3, -0.25) is 9.00 Å². The Morgan fingerprint density at radius 2 is 2.17 bits per heavy atom. The number of rotatable bonds is 5. The van der Waals surface area contributed by atoms with Gasteiger partial charge in [-0.15, -0.1) is 0 Å². The Hall–Kier alpha value is -1.07. The van der Waals surface area contributed by atoms with Crippen molar-refractivity contribution in [2.45, 2.75) is 13.8 Å². The van der Waals surface area contributed by atoms with Gasteiger partial charge in [0, 0.05) is 22.2 Å². The highest BCUT2D eigenvalue weighted by atomic mass is 35.5. The highest BCUT2D eigenvalue weighted by Gasteiger charge is 2.10. The van der Waals surface area contributed by atoms with Crippen LogP contribution in [0.25, 0.3) is 0 Å². The maximum Gasteiger partial charge on any atom is 0.236 e. The van der Waals surface area contributed by atoms with E-state index in [4.69, 9.17) is 17.3 Å². The fraction of sp³-hybridized carbons (Fsp3) is 0.417. The van der Waals surface area contributed by atoms with Crippen molar-refractivity contribution in [3.8, 4) is 0 Å². The third-order valence-electron chi connectivity index (χ3n) is 2.09. The fourth-order valence-corrected chi connectivity index (χ4v) is 2.74. The summed E-state index contributed by atoms with van der Waals surface area (Å²) in [6, 6.07) is 4.84. The van der Waals surface area contributed by atoms with Crippen LogP contribution in [0, 0.1) is 5.92 Å². The molecule has 0 fully saturated rings. The molecule has 1 aromatic rings. The standard InChI is InChI=1S/C12H17ClN2O2S/c1-8(2)6-18(17)7-12(16)15-9-3-4-10(13)11(14)5-9/h3-5,8H,6-7,14H2,1-2H3,(H,15,16). The smallest absolute Gasteiger partial charge is 0.236 e. The van der Waals surface area contributed by atoms with Gasteiger partial charge >= 0.3 is 0 Å². The molecule has 0 saturated heterocycles. The van der Waals surface area contributed by atoms with E-state index in [0.717, 1.165) is 0 Å². The number of halogens is 1.